The van der Waals surface area contributed by atoms with Gasteiger partial charge in [-0.2, -0.15) is 0 Å². The van der Waals surface area contributed by atoms with Crippen molar-refractivity contribution < 1.29 is 4.79 Å². The third-order valence-corrected chi connectivity index (χ3v) is 4.00. The highest BCUT2D eigenvalue weighted by atomic mass is 16.1. The van der Waals surface area contributed by atoms with Crippen molar-refractivity contribution >= 4 is 5.91 Å². The van der Waals surface area contributed by atoms with E-state index in [0.717, 1.165) is 30.6 Å². The van der Waals surface area contributed by atoms with Gasteiger partial charge in [-0.15, -0.1) is 0 Å². The summed E-state index contributed by atoms with van der Waals surface area (Å²) in [5.74, 6) is -0.0141. The Bertz CT molecular complexity index is 637. The fourth-order valence-electron chi connectivity index (χ4n) is 2.73. The zero-order chi connectivity index (χ0) is 14.7. The van der Waals surface area contributed by atoms with Gasteiger partial charge < -0.3 is 10.6 Å². The van der Waals surface area contributed by atoms with Gasteiger partial charge >= 0.3 is 0 Å². The molecule has 1 aliphatic heterocycles. The van der Waals surface area contributed by atoms with Crippen LogP contribution in [-0.2, 0) is 13.0 Å². The molecular formula is C18H20N2O. The van der Waals surface area contributed by atoms with E-state index >= 15 is 0 Å². The predicted molar refractivity (Wildman–Crippen MR) is 84.2 cm³/mol. The van der Waals surface area contributed by atoms with Crippen molar-refractivity contribution in [2.24, 2.45) is 0 Å². The highest BCUT2D eigenvalue weighted by Crippen LogP contribution is 2.17. The molecule has 3 heteroatoms. The number of amides is 1. The summed E-state index contributed by atoms with van der Waals surface area (Å²) in [4.78, 5) is 12.4. The Morgan fingerprint density at radius 2 is 1.95 bits per heavy atom. The number of fused-ring (bicyclic) bond motifs is 1. The molecule has 3 rings (SSSR count). The first-order valence-electron chi connectivity index (χ1n) is 7.42. The van der Waals surface area contributed by atoms with Crippen LogP contribution < -0.4 is 10.6 Å². The second kappa shape index (κ2) is 6.10. The molecule has 2 aromatic rings. The van der Waals surface area contributed by atoms with E-state index in [1.165, 1.54) is 11.1 Å². The fourth-order valence-corrected chi connectivity index (χ4v) is 2.73. The summed E-state index contributed by atoms with van der Waals surface area (Å²) in [6, 6.07) is 16.0. The molecule has 0 saturated heterocycles. The zero-order valence-corrected chi connectivity index (χ0v) is 12.2. The maximum atomic E-state index is 12.4. The number of nitrogens with one attached hydrogen (secondary N) is 2. The lowest BCUT2D eigenvalue weighted by Gasteiger charge is -2.19. The third-order valence-electron chi connectivity index (χ3n) is 4.00. The Kier molecular flexibility index (Phi) is 4.02. The van der Waals surface area contributed by atoms with Gasteiger partial charge in [0.05, 0.1) is 6.04 Å². The number of carbonyl (C=O) groups excluding carboxylic acids is 1. The smallest absolute Gasteiger partial charge is 0.251 e. The molecule has 1 aliphatic rings. The highest BCUT2D eigenvalue weighted by Gasteiger charge is 2.14. The summed E-state index contributed by atoms with van der Waals surface area (Å²) < 4.78 is 0. The van der Waals surface area contributed by atoms with Gasteiger partial charge in [-0.25, -0.2) is 0 Å². The minimum atomic E-state index is -0.0141. The van der Waals surface area contributed by atoms with Crippen LogP contribution in [0, 0.1) is 0 Å². The molecule has 21 heavy (non-hydrogen) atoms. The molecule has 0 radical (unpaired) electrons. The van der Waals surface area contributed by atoms with Crippen LogP contribution in [0.5, 0.6) is 0 Å². The van der Waals surface area contributed by atoms with E-state index < -0.39 is 0 Å². The highest BCUT2D eigenvalue weighted by molar-refractivity contribution is 5.94. The fraction of sp³-hybridized carbons (Fsp3) is 0.278. The van der Waals surface area contributed by atoms with Crippen LogP contribution >= 0.6 is 0 Å². The van der Waals surface area contributed by atoms with Crippen LogP contribution in [0.15, 0.2) is 48.5 Å². The Labute approximate surface area is 125 Å². The Morgan fingerprint density at radius 1 is 1.14 bits per heavy atom. The van der Waals surface area contributed by atoms with Crippen molar-refractivity contribution in [3.05, 3.63) is 70.8 Å². The molecule has 0 aromatic heterocycles. The molecule has 0 saturated carbocycles. The lowest BCUT2D eigenvalue weighted by molar-refractivity contribution is 0.0939. The van der Waals surface area contributed by atoms with Gasteiger partial charge in [0.2, 0.25) is 0 Å². The lowest BCUT2D eigenvalue weighted by Crippen LogP contribution is -2.28. The summed E-state index contributed by atoms with van der Waals surface area (Å²) >= 11 is 0. The van der Waals surface area contributed by atoms with Crippen LogP contribution in [0.2, 0.25) is 0 Å². The van der Waals surface area contributed by atoms with Crippen molar-refractivity contribution in [1.29, 1.82) is 0 Å². The monoisotopic (exact) mass is 280 g/mol. The summed E-state index contributed by atoms with van der Waals surface area (Å²) in [5, 5.41) is 6.40. The van der Waals surface area contributed by atoms with E-state index in [1.807, 2.05) is 49.4 Å². The molecule has 1 amide bonds. The van der Waals surface area contributed by atoms with Crippen LogP contribution in [0.25, 0.3) is 0 Å². The van der Waals surface area contributed by atoms with Crippen LogP contribution in [-0.4, -0.2) is 12.5 Å². The minimum Gasteiger partial charge on any atom is -0.346 e. The van der Waals surface area contributed by atoms with Crippen LogP contribution in [0.3, 0.4) is 0 Å². The molecular weight excluding hydrogens is 260 g/mol. The first kappa shape index (κ1) is 13.8. The van der Waals surface area contributed by atoms with Crippen molar-refractivity contribution in [2.45, 2.75) is 25.9 Å². The first-order chi connectivity index (χ1) is 10.2. The SMILES string of the molecule is C[C@H](NC(=O)c1ccc2c(c1)CNCC2)c1ccccc1. The Hall–Kier alpha value is -2.13. The number of carbonyl (C=O) groups is 1. The van der Waals surface area contributed by atoms with Crippen LogP contribution in [0.4, 0.5) is 0 Å². The molecule has 0 unspecified atom stereocenters. The maximum Gasteiger partial charge on any atom is 0.251 e. The number of hydrogen-bond donors (Lipinski definition) is 2. The molecule has 0 bridgehead atoms. The average Bonchev–Trinajstić information content (AvgIpc) is 2.55. The molecule has 0 fully saturated rings. The van der Waals surface area contributed by atoms with E-state index in [9.17, 15) is 4.79 Å². The van der Waals surface area contributed by atoms with E-state index in [2.05, 4.69) is 16.7 Å². The second-order valence-corrected chi connectivity index (χ2v) is 5.52. The van der Waals surface area contributed by atoms with Gasteiger partial charge in [0.25, 0.3) is 5.91 Å². The van der Waals surface area contributed by atoms with Crippen molar-refractivity contribution in [1.82, 2.24) is 10.6 Å². The first-order valence-corrected chi connectivity index (χ1v) is 7.42. The van der Waals surface area contributed by atoms with E-state index in [4.69, 9.17) is 0 Å². The van der Waals surface area contributed by atoms with E-state index in [-0.39, 0.29) is 11.9 Å². The minimum absolute atomic E-state index is 0.00728. The van der Waals surface area contributed by atoms with Crippen molar-refractivity contribution in [3.8, 4) is 0 Å². The summed E-state index contributed by atoms with van der Waals surface area (Å²) in [5.41, 5.74) is 4.44. The van der Waals surface area contributed by atoms with Crippen molar-refractivity contribution in [3.63, 3.8) is 0 Å². The lowest BCUT2D eigenvalue weighted by atomic mass is 9.98. The van der Waals surface area contributed by atoms with Gasteiger partial charge in [-0.05, 0) is 48.7 Å². The number of benzene rings is 2. The molecule has 0 spiro atoms. The Morgan fingerprint density at radius 3 is 2.76 bits per heavy atom. The standard InChI is InChI=1S/C18H20N2O/c1-13(14-5-3-2-4-6-14)20-18(21)16-8-7-15-9-10-19-12-17(15)11-16/h2-8,11,13,19H,9-10,12H2,1H3,(H,20,21)/t13-/m0/s1. The summed E-state index contributed by atoms with van der Waals surface area (Å²) in [7, 11) is 0. The summed E-state index contributed by atoms with van der Waals surface area (Å²) in [6.45, 7) is 3.88. The molecule has 3 nitrogen and oxygen atoms in total. The average molecular weight is 280 g/mol. The summed E-state index contributed by atoms with van der Waals surface area (Å²) in [6.07, 6.45) is 1.04. The topological polar surface area (TPSA) is 41.1 Å². The quantitative estimate of drug-likeness (QED) is 0.907. The molecule has 1 atom stereocenters. The van der Waals surface area contributed by atoms with Crippen LogP contribution in [0.1, 0.15) is 40.0 Å². The zero-order valence-electron chi connectivity index (χ0n) is 12.2. The second-order valence-electron chi connectivity index (χ2n) is 5.52. The molecule has 0 aliphatic carbocycles. The number of hydrogen-bond acceptors (Lipinski definition) is 2. The maximum absolute atomic E-state index is 12.4. The molecule has 108 valence electrons. The number of rotatable bonds is 3. The van der Waals surface area contributed by atoms with E-state index in [1.54, 1.807) is 0 Å². The van der Waals surface area contributed by atoms with Gasteiger partial charge in [-0.1, -0.05) is 36.4 Å². The van der Waals surface area contributed by atoms with Crippen molar-refractivity contribution in [2.75, 3.05) is 6.54 Å². The molecule has 2 N–H and O–H groups in total. The molecule has 1 heterocycles. The Balaban J connectivity index is 1.73. The van der Waals surface area contributed by atoms with Gasteiger partial charge in [0.15, 0.2) is 0 Å². The van der Waals surface area contributed by atoms with Gasteiger partial charge in [0, 0.05) is 12.1 Å². The van der Waals surface area contributed by atoms with Gasteiger partial charge in [0.1, 0.15) is 0 Å². The predicted octanol–water partition coefficient (Wildman–Crippen LogP) is 2.82. The third kappa shape index (κ3) is 3.14. The largest absolute Gasteiger partial charge is 0.346 e. The molecule has 2 aromatic carbocycles. The normalized spacial score (nSPS) is 15.1. The van der Waals surface area contributed by atoms with E-state index in [0.29, 0.717) is 0 Å². The van der Waals surface area contributed by atoms with Gasteiger partial charge in [-0.3, -0.25) is 4.79 Å².